The van der Waals surface area contributed by atoms with Crippen LogP contribution in [-0.2, 0) is 13.0 Å². The highest BCUT2D eigenvalue weighted by Gasteiger charge is 2.36. The monoisotopic (exact) mass is 482 g/mol. The average Bonchev–Trinajstić information content (AvgIpc) is 3.23. The molecule has 1 aliphatic heterocycles. The van der Waals surface area contributed by atoms with E-state index >= 15 is 0 Å². The Bertz CT molecular complexity index is 1290. The van der Waals surface area contributed by atoms with Crippen molar-refractivity contribution in [1.29, 1.82) is 5.26 Å². The number of nitrogens with zero attached hydrogens (tertiary/aromatic N) is 5. The van der Waals surface area contributed by atoms with Crippen molar-refractivity contribution in [2.24, 2.45) is 0 Å². The lowest BCUT2D eigenvalue weighted by Gasteiger charge is -2.34. The number of aromatic nitrogens is 3. The van der Waals surface area contributed by atoms with Gasteiger partial charge >= 0.3 is 6.18 Å². The largest absolute Gasteiger partial charge is 0.389 e. The highest BCUT2D eigenvalue weighted by molar-refractivity contribution is 6.15. The van der Waals surface area contributed by atoms with Crippen LogP contribution in [0.5, 0.6) is 0 Å². The fourth-order valence-corrected chi connectivity index (χ4v) is 3.98. The first-order valence-corrected chi connectivity index (χ1v) is 10.9. The normalized spacial score (nSPS) is 15.5. The van der Waals surface area contributed by atoms with Gasteiger partial charge in [0.15, 0.2) is 0 Å². The van der Waals surface area contributed by atoms with E-state index in [-0.39, 0.29) is 30.1 Å². The summed E-state index contributed by atoms with van der Waals surface area (Å²) in [4.78, 5) is 32.1. The molecular weight excluding hydrogens is 461 g/mol. The smallest absolute Gasteiger partial charge is 0.322 e. The van der Waals surface area contributed by atoms with Gasteiger partial charge in [0.2, 0.25) is 0 Å². The lowest BCUT2D eigenvalue weighted by molar-refractivity contribution is -0.135. The number of nitriles is 1. The molecule has 2 aromatic heterocycles. The topological polar surface area (TPSA) is 104 Å². The first-order valence-electron chi connectivity index (χ1n) is 10.9. The molecule has 2 amide bonds. The van der Waals surface area contributed by atoms with Crippen molar-refractivity contribution in [3.63, 3.8) is 0 Å². The number of halogens is 3. The number of aryl methyl sites for hydroxylation is 1. The maximum Gasteiger partial charge on any atom is 0.389 e. The molecular formula is C24H21F3N6O2. The highest BCUT2D eigenvalue weighted by Crippen LogP contribution is 2.28. The van der Waals surface area contributed by atoms with Crippen LogP contribution >= 0.6 is 0 Å². The summed E-state index contributed by atoms with van der Waals surface area (Å²) in [5, 5.41) is 15.9. The van der Waals surface area contributed by atoms with E-state index in [9.17, 15) is 22.8 Å². The Morgan fingerprint density at radius 2 is 2.06 bits per heavy atom. The molecule has 1 aliphatic rings. The van der Waals surface area contributed by atoms with Crippen molar-refractivity contribution >= 4 is 23.2 Å². The van der Waals surface area contributed by atoms with E-state index in [1.54, 1.807) is 30.3 Å². The number of pyridine rings is 1. The summed E-state index contributed by atoms with van der Waals surface area (Å²) in [7, 11) is 0. The fourth-order valence-electron chi connectivity index (χ4n) is 3.98. The van der Waals surface area contributed by atoms with Gasteiger partial charge in [0.05, 0.1) is 47.9 Å². The second-order valence-corrected chi connectivity index (χ2v) is 8.24. The summed E-state index contributed by atoms with van der Waals surface area (Å²) in [6, 6.07) is 11.3. The predicted molar refractivity (Wildman–Crippen MR) is 121 cm³/mol. The minimum absolute atomic E-state index is 0.0656. The minimum atomic E-state index is -4.21. The number of anilines is 2. The van der Waals surface area contributed by atoms with Crippen molar-refractivity contribution in [2.45, 2.75) is 44.9 Å². The Balaban J connectivity index is 1.53. The molecule has 4 rings (SSSR count). The Morgan fingerprint density at radius 3 is 2.74 bits per heavy atom. The molecule has 0 bridgehead atoms. The van der Waals surface area contributed by atoms with Gasteiger partial charge in [0.1, 0.15) is 5.69 Å². The number of alkyl halides is 3. The van der Waals surface area contributed by atoms with Crippen LogP contribution in [-0.4, -0.2) is 38.8 Å². The number of hydrogen-bond donors (Lipinski definition) is 1. The summed E-state index contributed by atoms with van der Waals surface area (Å²) < 4.78 is 38.6. The molecule has 3 heterocycles. The lowest BCUT2D eigenvalue weighted by Crippen LogP contribution is -2.47. The molecule has 0 aliphatic carbocycles. The van der Waals surface area contributed by atoms with E-state index < -0.39 is 24.4 Å². The van der Waals surface area contributed by atoms with E-state index in [1.165, 1.54) is 28.0 Å². The third-order valence-electron chi connectivity index (χ3n) is 5.61. The van der Waals surface area contributed by atoms with E-state index in [1.807, 2.05) is 13.0 Å². The van der Waals surface area contributed by atoms with Gasteiger partial charge in [-0.25, -0.2) is 0 Å². The minimum Gasteiger partial charge on any atom is -0.322 e. The van der Waals surface area contributed by atoms with E-state index in [4.69, 9.17) is 5.26 Å². The summed E-state index contributed by atoms with van der Waals surface area (Å²) in [5.41, 5.74) is 1.97. The van der Waals surface area contributed by atoms with Gasteiger partial charge in [0, 0.05) is 17.8 Å². The number of amides is 2. The number of hydrogen-bond acceptors (Lipinski definition) is 5. The first kappa shape index (κ1) is 23.9. The molecule has 0 saturated heterocycles. The van der Waals surface area contributed by atoms with Gasteiger partial charge in [-0.2, -0.15) is 23.5 Å². The average molecular weight is 482 g/mol. The van der Waals surface area contributed by atoms with Crippen LogP contribution in [0, 0.1) is 11.3 Å². The van der Waals surface area contributed by atoms with E-state index in [0.29, 0.717) is 29.2 Å². The molecule has 1 aromatic carbocycles. The molecule has 8 nitrogen and oxygen atoms in total. The zero-order valence-electron chi connectivity index (χ0n) is 18.7. The SMILES string of the molecule is CC1Cn2ncc(C(=O)Nc3cccc(C#N)c3)c2C(=O)N1c1ccc(CCCC(F)(F)F)nc1. The Kier molecular flexibility index (Phi) is 6.55. The number of benzene rings is 1. The standard InChI is InChI=1S/C24H21F3N6O2/c1-15-14-32-21(20(13-30-32)22(34)31-18-5-2-4-16(10-18)11-28)23(35)33(15)19-8-7-17(29-12-19)6-3-9-24(25,26)27/h2,4-5,7-8,10,12-13,15H,3,6,9,14H2,1H3,(H,31,34). The van der Waals surface area contributed by atoms with Crippen LogP contribution in [0.4, 0.5) is 24.5 Å². The Labute approximate surface area is 199 Å². The van der Waals surface area contributed by atoms with Gasteiger partial charge in [-0.05, 0) is 50.1 Å². The second-order valence-electron chi connectivity index (χ2n) is 8.24. The maximum atomic E-state index is 13.4. The number of rotatable bonds is 6. The van der Waals surface area contributed by atoms with Crippen LogP contribution in [0.2, 0.25) is 0 Å². The second kappa shape index (κ2) is 9.58. The van der Waals surface area contributed by atoms with Crippen molar-refractivity contribution in [1.82, 2.24) is 14.8 Å². The molecule has 3 aromatic rings. The van der Waals surface area contributed by atoms with Crippen LogP contribution in [0.15, 0.2) is 48.8 Å². The summed E-state index contributed by atoms with van der Waals surface area (Å²) in [6.45, 7) is 2.17. The van der Waals surface area contributed by atoms with Gasteiger partial charge in [-0.1, -0.05) is 6.07 Å². The zero-order valence-corrected chi connectivity index (χ0v) is 18.7. The Hall–Kier alpha value is -4.20. The van der Waals surface area contributed by atoms with Crippen LogP contribution < -0.4 is 10.2 Å². The summed E-state index contributed by atoms with van der Waals surface area (Å²) in [6.07, 6.45) is -2.20. The molecule has 1 unspecified atom stereocenters. The van der Waals surface area contributed by atoms with Crippen molar-refractivity contribution in [2.75, 3.05) is 10.2 Å². The molecule has 0 spiro atoms. The van der Waals surface area contributed by atoms with Crippen molar-refractivity contribution in [3.05, 3.63) is 71.3 Å². The molecule has 1 atom stereocenters. The molecule has 0 radical (unpaired) electrons. The number of carbonyl (C=O) groups is 2. The zero-order chi connectivity index (χ0) is 25.2. The van der Waals surface area contributed by atoms with Gasteiger partial charge in [-0.15, -0.1) is 0 Å². The van der Waals surface area contributed by atoms with Gasteiger partial charge < -0.3 is 10.2 Å². The van der Waals surface area contributed by atoms with Crippen molar-refractivity contribution < 1.29 is 22.8 Å². The third-order valence-corrected chi connectivity index (χ3v) is 5.61. The number of carbonyl (C=O) groups excluding carboxylic acids is 2. The van der Waals surface area contributed by atoms with Gasteiger partial charge in [-0.3, -0.25) is 19.3 Å². The lowest BCUT2D eigenvalue weighted by atomic mass is 10.1. The van der Waals surface area contributed by atoms with Crippen LogP contribution in [0.25, 0.3) is 0 Å². The van der Waals surface area contributed by atoms with Gasteiger partial charge in [0.25, 0.3) is 11.8 Å². The van der Waals surface area contributed by atoms with Crippen molar-refractivity contribution in [3.8, 4) is 6.07 Å². The fraction of sp³-hybridized carbons (Fsp3) is 0.292. The molecule has 0 saturated carbocycles. The maximum absolute atomic E-state index is 13.4. The molecule has 180 valence electrons. The molecule has 0 fully saturated rings. The quantitative estimate of drug-likeness (QED) is 0.563. The van der Waals surface area contributed by atoms with E-state index in [0.717, 1.165) is 0 Å². The highest BCUT2D eigenvalue weighted by atomic mass is 19.4. The number of nitrogens with one attached hydrogen (secondary N) is 1. The van der Waals surface area contributed by atoms with Crippen LogP contribution in [0.3, 0.4) is 0 Å². The van der Waals surface area contributed by atoms with E-state index in [2.05, 4.69) is 15.4 Å². The predicted octanol–water partition coefficient (Wildman–Crippen LogP) is 4.34. The first-order chi connectivity index (χ1) is 16.7. The molecule has 1 N–H and O–H groups in total. The molecule has 35 heavy (non-hydrogen) atoms. The molecule has 11 heteroatoms. The Morgan fingerprint density at radius 1 is 1.26 bits per heavy atom. The summed E-state index contributed by atoms with van der Waals surface area (Å²) >= 11 is 0. The third kappa shape index (κ3) is 5.32. The van der Waals surface area contributed by atoms with Crippen LogP contribution in [0.1, 0.15) is 51.9 Å². The summed E-state index contributed by atoms with van der Waals surface area (Å²) in [5.74, 6) is -0.980. The number of fused-ring (bicyclic) bond motifs is 1.